The predicted octanol–water partition coefficient (Wildman–Crippen LogP) is 4.83. The molecule has 1 unspecified atom stereocenters. The normalized spacial score (nSPS) is 18.2. The van der Waals surface area contributed by atoms with Crippen molar-refractivity contribution in [3.05, 3.63) is 75.9 Å². The van der Waals surface area contributed by atoms with Gasteiger partial charge in [0.2, 0.25) is 0 Å². The van der Waals surface area contributed by atoms with Crippen LogP contribution >= 0.6 is 11.3 Å². The number of halogens is 1. The Morgan fingerprint density at radius 3 is 2.69 bits per heavy atom. The Balaban J connectivity index is 1.50. The maximum Gasteiger partial charge on any atom is 0.124 e. The van der Waals surface area contributed by atoms with Crippen LogP contribution in [0.3, 0.4) is 0 Å². The van der Waals surface area contributed by atoms with E-state index in [0.717, 1.165) is 40.8 Å². The Bertz CT molecular complexity index is 863. The van der Waals surface area contributed by atoms with Crippen molar-refractivity contribution in [3.63, 3.8) is 0 Å². The first kappa shape index (κ1) is 17.3. The molecule has 5 heteroatoms. The summed E-state index contributed by atoms with van der Waals surface area (Å²) in [6, 6.07) is 17.0. The van der Waals surface area contributed by atoms with Crippen LogP contribution in [0.4, 0.5) is 4.39 Å². The van der Waals surface area contributed by atoms with Crippen molar-refractivity contribution in [1.82, 2.24) is 9.88 Å². The highest BCUT2D eigenvalue weighted by atomic mass is 32.1. The van der Waals surface area contributed by atoms with Gasteiger partial charge in [0.05, 0.1) is 12.3 Å². The molecule has 3 nitrogen and oxygen atoms in total. The third-order valence-electron chi connectivity index (χ3n) is 4.61. The lowest BCUT2D eigenvalue weighted by molar-refractivity contribution is -0.0329. The number of hydrogen-bond acceptors (Lipinski definition) is 4. The fourth-order valence-electron chi connectivity index (χ4n) is 3.27. The number of morpholine rings is 1. The van der Waals surface area contributed by atoms with Gasteiger partial charge < -0.3 is 4.74 Å². The SMILES string of the molecule is Cc1sc(C2CN(Cc3ccccc3)CCO2)nc1-c1ccc(F)cc1. The smallest absolute Gasteiger partial charge is 0.124 e. The fraction of sp³-hybridized carbons (Fsp3) is 0.286. The van der Waals surface area contributed by atoms with Gasteiger partial charge in [-0.3, -0.25) is 4.90 Å². The van der Waals surface area contributed by atoms with Crippen molar-refractivity contribution in [2.24, 2.45) is 0 Å². The van der Waals surface area contributed by atoms with Crippen LogP contribution < -0.4 is 0 Å². The van der Waals surface area contributed by atoms with Crippen LogP contribution in [0.2, 0.25) is 0 Å². The van der Waals surface area contributed by atoms with E-state index >= 15 is 0 Å². The lowest BCUT2D eigenvalue weighted by atomic mass is 10.1. The van der Waals surface area contributed by atoms with Crippen molar-refractivity contribution in [3.8, 4) is 11.3 Å². The second-order valence-electron chi connectivity index (χ2n) is 6.54. The van der Waals surface area contributed by atoms with E-state index in [1.807, 2.05) is 6.07 Å². The highest BCUT2D eigenvalue weighted by molar-refractivity contribution is 7.12. The summed E-state index contributed by atoms with van der Waals surface area (Å²) >= 11 is 1.67. The third-order valence-corrected chi connectivity index (χ3v) is 5.67. The minimum Gasteiger partial charge on any atom is -0.368 e. The van der Waals surface area contributed by atoms with E-state index < -0.39 is 0 Å². The molecule has 0 saturated carbocycles. The molecule has 0 bridgehead atoms. The zero-order valence-corrected chi connectivity index (χ0v) is 15.5. The summed E-state index contributed by atoms with van der Waals surface area (Å²) in [4.78, 5) is 8.37. The molecule has 0 radical (unpaired) electrons. The van der Waals surface area contributed by atoms with Crippen LogP contribution in [-0.2, 0) is 11.3 Å². The first-order valence-corrected chi connectivity index (χ1v) is 9.62. The summed E-state index contributed by atoms with van der Waals surface area (Å²) in [6.07, 6.45) is -0.00893. The summed E-state index contributed by atoms with van der Waals surface area (Å²) in [5.74, 6) is -0.228. The Hall–Kier alpha value is -2.08. The molecule has 1 fully saturated rings. The second-order valence-corrected chi connectivity index (χ2v) is 7.78. The highest BCUT2D eigenvalue weighted by Crippen LogP contribution is 2.33. The molecule has 0 N–H and O–H groups in total. The highest BCUT2D eigenvalue weighted by Gasteiger charge is 2.25. The van der Waals surface area contributed by atoms with Crippen LogP contribution in [-0.4, -0.2) is 29.6 Å². The maximum absolute atomic E-state index is 13.2. The molecule has 134 valence electrons. The molecule has 1 aliphatic heterocycles. The Morgan fingerprint density at radius 1 is 1.15 bits per heavy atom. The first-order valence-electron chi connectivity index (χ1n) is 8.80. The second kappa shape index (κ2) is 7.66. The Kier molecular flexibility index (Phi) is 5.11. The van der Waals surface area contributed by atoms with E-state index in [1.54, 1.807) is 23.5 Å². The summed E-state index contributed by atoms with van der Waals surface area (Å²) in [5, 5.41) is 1.000. The number of hydrogen-bond donors (Lipinski definition) is 0. The molecular formula is C21H21FN2OS. The average molecular weight is 368 g/mol. The van der Waals surface area contributed by atoms with E-state index in [9.17, 15) is 4.39 Å². The van der Waals surface area contributed by atoms with Crippen molar-refractivity contribution < 1.29 is 9.13 Å². The molecule has 26 heavy (non-hydrogen) atoms. The van der Waals surface area contributed by atoms with Gasteiger partial charge in [0.1, 0.15) is 16.9 Å². The number of benzene rings is 2. The quantitative estimate of drug-likeness (QED) is 0.659. The van der Waals surface area contributed by atoms with E-state index in [2.05, 4.69) is 36.1 Å². The van der Waals surface area contributed by atoms with Gasteiger partial charge in [-0.15, -0.1) is 11.3 Å². The van der Waals surface area contributed by atoms with Gasteiger partial charge in [-0.2, -0.15) is 0 Å². The largest absolute Gasteiger partial charge is 0.368 e. The van der Waals surface area contributed by atoms with Crippen LogP contribution in [0.5, 0.6) is 0 Å². The van der Waals surface area contributed by atoms with Crippen molar-refractivity contribution in [2.75, 3.05) is 19.7 Å². The molecule has 3 aromatic rings. The maximum atomic E-state index is 13.2. The Labute approximate surface area is 157 Å². The van der Waals surface area contributed by atoms with Gasteiger partial charge in [0, 0.05) is 30.1 Å². The summed E-state index contributed by atoms with van der Waals surface area (Å²) in [7, 11) is 0. The number of thiazole rings is 1. The molecule has 1 saturated heterocycles. The lowest BCUT2D eigenvalue weighted by Crippen LogP contribution is -2.37. The standard InChI is InChI=1S/C21H21FN2OS/c1-15-20(17-7-9-18(22)10-8-17)23-21(26-15)19-14-24(11-12-25-19)13-16-5-3-2-4-6-16/h2-10,19H,11-14H2,1H3. The van der Waals surface area contributed by atoms with Gasteiger partial charge >= 0.3 is 0 Å². The van der Waals surface area contributed by atoms with Crippen LogP contribution in [0.15, 0.2) is 54.6 Å². The van der Waals surface area contributed by atoms with Crippen LogP contribution in [0.25, 0.3) is 11.3 Å². The van der Waals surface area contributed by atoms with Crippen molar-refractivity contribution in [1.29, 1.82) is 0 Å². The molecule has 1 atom stereocenters. The van der Waals surface area contributed by atoms with E-state index in [-0.39, 0.29) is 11.9 Å². The minimum atomic E-state index is -0.228. The Morgan fingerprint density at radius 2 is 1.92 bits per heavy atom. The lowest BCUT2D eigenvalue weighted by Gasteiger charge is -2.32. The number of aromatic nitrogens is 1. The molecular weight excluding hydrogens is 347 g/mol. The topological polar surface area (TPSA) is 25.4 Å². The minimum absolute atomic E-state index is 0.00893. The number of rotatable bonds is 4. The monoisotopic (exact) mass is 368 g/mol. The van der Waals surface area contributed by atoms with E-state index in [0.29, 0.717) is 6.61 Å². The molecule has 0 spiro atoms. The van der Waals surface area contributed by atoms with Gasteiger partial charge in [0.15, 0.2) is 0 Å². The van der Waals surface area contributed by atoms with Crippen LogP contribution in [0, 0.1) is 12.7 Å². The molecule has 0 amide bonds. The first-order chi connectivity index (χ1) is 12.7. The van der Waals surface area contributed by atoms with Crippen LogP contribution in [0.1, 0.15) is 21.6 Å². The molecule has 1 aromatic heterocycles. The summed E-state index contributed by atoms with van der Waals surface area (Å²) in [6.45, 7) is 5.47. The van der Waals surface area contributed by atoms with E-state index in [1.165, 1.54) is 17.7 Å². The molecule has 2 heterocycles. The average Bonchev–Trinajstić information content (AvgIpc) is 3.05. The number of ether oxygens (including phenoxy) is 1. The molecule has 4 rings (SSSR count). The van der Waals surface area contributed by atoms with E-state index in [4.69, 9.17) is 9.72 Å². The van der Waals surface area contributed by atoms with Gasteiger partial charge in [-0.1, -0.05) is 30.3 Å². The zero-order chi connectivity index (χ0) is 17.9. The van der Waals surface area contributed by atoms with Gasteiger partial charge in [-0.05, 0) is 36.8 Å². The third kappa shape index (κ3) is 3.85. The summed E-state index contributed by atoms with van der Waals surface area (Å²) in [5.41, 5.74) is 3.19. The van der Waals surface area contributed by atoms with Crippen molar-refractivity contribution in [2.45, 2.75) is 19.6 Å². The predicted molar refractivity (Wildman–Crippen MR) is 103 cm³/mol. The fourth-order valence-corrected chi connectivity index (χ4v) is 4.25. The molecule has 2 aromatic carbocycles. The number of aryl methyl sites for hydroxylation is 1. The molecule has 1 aliphatic rings. The van der Waals surface area contributed by atoms with Gasteiger partial charge in [0.25, 0.3) is 0 Å². The molecule has 0 aliphatic carbocycles. The zero-order valence-electron chi connectivity index (χ0n) is 14.7. The van der Waals surface area contributed by atoms with Crippen molar-refractivity contribution >= 4 is 11.3 Å². The van der Waals surface area contributed by atoms with Gasteiger partial charge in [-0.25, -0.2) is 9.37 Å². The number of nitrogens with zero attached hydrogens (tertiary/aromatic N) is 2. The summed E-state index contributed by atoms with van der Waals surface area (Å²) < 4.78 is 19.2.